The maximum absolute atomic E-state index is 8.95. The van der Waals surface area contributed by atoms with E-state index < -0.39 is 0 Å². The van der Waals surface area contributed by atoms with Gasteiger partial charge in [-0.05, 0) is 41.3 Å². The number of fused-ring (bicyclic) bond motifs is 1. The van der Waals surface area contributed by atoms with E-state index in [2.05, 4.69) is 24.1 Å². The summed E-state index contributed by atoms with van der Waals surface area (Å²) in [6, 6.07) is 8.05. The lowest BCUT2D eigenvalue weighted by atomic mass is 10.1. The zero-order chi connectivity index (χ0) is 14.7. The van der Waals surface area contributed by atoms with Crippen LogP contribution in [0.4, 0.5) is 0 Å². The van der Waals surface area contributed by atoms with Crippen molar-refractivity contribution in [2.24, 2.45) is 0 Å². The maximum atomic E-state index is 8.95. The molecule has 1 heterocycles. The van der Waals surface area contributed by atoms with Gasteiger partial charge in [0.15, 0.2) is 0 Å². The van der Waals surface area contributed by atoms with Crippen LogP contribution in [-0.4, -0.2) is 11.4 Å². The molecule has 0 saturated heterocycles. The Balaban J connectivity index is 2.15. The molecule has 0 atom stereocenters. The van der Waals surface area contributed by atoms with E-state index in [9.17, 15) is 0 Å². The summed E-state index contributed by atoms with van der Waals surface area (Å²) in [7, 11) is 0. The monoisotopic (exact) mass is 284 g/mol. The molecule has 0 radical (unpaired) electrons. The SMILES string of the molecule is C=CC(=C)/C(CN1Cc2ccc(C#N)cc2C1)=C(\C)Cl. The molecule has 0 unspecified atom stereocenters. The van der Waals surface area contributed by atoms with E-state index in [1.807, 2.05) is 25.1 Å². The molecule has 1 aliphatic heterocycles. The Morgan fingerprint density at radius 2 is 2.15 bits per heavy atom. The average molecular weight is 285 g/mol. The average Bonchev–Trinajstić information content (AvgIpc) is 2.84. The summed E-state index contributed by atoms with van der Waals surface area (Å²) in [5.74, 6) is 0. The second-order valence-corrected chi connectivity index (χ2v) is 5.55. The summed E-state index contributed by atoms with van der Waals surface area (Å²) in [4.78, 5) is 2.29. The van der Waals surface area contributed by atoms with Gasteiger partial charge in [0.1, 0.15) is 0 Å². The van der Waals surface area contributed by atoms with Crippen LogP contribution in [0.1, 0.15) is 23.6 Å². The van der Waals surface area contributed by atoms with Crippen molar-refractivity contribution in [3.05, 3.63) is 70.3 Å². The molecule has 1 aliphatic rings. The lowest BCUT2D eigenvalue weighted by molar-refractivity contribution is 0.311. The molecule has 102 valence electrons. The molecule has 3 heteroatoms. The van der Waals surface area contributed by atoms with Crippen LogP contribution in [0.15, 0.2) is 53.6 Å². The second-order valence-electron chi connectivity index (χ2n) is 4.98. The molecule has 0 N–H and O–H groups in total. The number of halogens is 1. The van der Waals surface area contributed by atoms with E-state index in [4.69, 9.17) is 16.9 Å². The molecular formula is C17H17ClN2. The van der Waals surface area contributed by atoms with Gasteiger partial charge in [0.2, 0.25) is 0 Å². The molecule has 20 heavy (non-hydrogen) atoms. The number of hydrogen-bond donors (Lipinski definition) is 0. The first-order valence-corrected chi connectivity index (χ1v) is 6.84. The van der Waals surface area contributed by atoms with E-state index in [0.29, 0.717) is 5.56 Å². The second kappa shape index (κ2) is 6.09. The molecule has 0 spiro atoms. The van der Waals surface area contributed by atoms with Crippen LogP contribution in [0.2, 0.25) is 0 Å². The van der Waals surface area contributed by atoms with Gasteiger partial charge >= 0.3 is 0 Å². The molecule has 0 fully saturated rings. The molecular weight excluding hydrogens is 268 g/mol. The maximum Gasteiger partial charge on any atom is 0.0991 e. The predicted octanol–water partition coefficient (Wildman–Crippen LogP) is 4.13. The molecule has 1 aromatic carbocycles. The summed E-state index contributed by atoms with van der Waals surface area (Å²) >= 11 is 6.16. The van der Waals surface area contributed by atoms with E-state index in [-0.39, 0.29) is 0 Å². The number of nitrogens with zero attached hydrogens (tertiary/aromatic N) is 2. The Morgan fingerprint density at radius 1 is 1.45 bits per heavy atom. The number of hydrogen-bond acceptors (Lipinski definition) is 2. The Labute approximate surface area is 125 Å². The summed E-state index contributed by atoms with van der Waals surface area (Å²) in [6.07, 6.45) is 1.73. The standard InChI is InChI=1S/C17H17ClN2/c1-4-12(2)17(13(3)18)11-20-9-15-6-5-14(8-19)7-16(15)10-20/h4-7H,1-2,9-11H2,3H3/b17-13+. The van der Waals surface area contributed by atoms with Crippen LogP contribution in [0.3, 0.4) is 0 Å². The van der Waals surface area contributed by atoms with Crippen molar-refractivity contribution in [1.29, 1.82) is 5.26 Å². The van der Waals surface area contributed by atoms with E-state index in [1.54, 1.807) is 6.08 Å². The van der Waals surface area contributed by atoms with Crippen LogP contribution < -0.4 is 0 Å². The van der Waals surface area contributed by atoms with Gasteiger partial charge in [0, 0.05) is 24.7 Å². The van der Waals surface area contributed by atoms with Gasteiger partial charge in [-0.1, -0.05) is 36.9 Å². The third-order valence-electron chi connectivity index (χ3n) is 3.55. The molecule has 0 bridgehead atoms. The van der Waals surface area contributed by atoms with Gasteiger partial charge in [-0.2, -0.15) is 5.26 Å². The van der Waals surface area contributed by atoms with Gasteiger partial charge < -0.3 is 0 Å². The van der Waals surface area contributed by atoms with Gasteiger partial charge in [0.05, 0.1) is 11.6 Å². The third kappa shape index (κ3) is 3.01. The summed E-state index contributed by atoms with van der Waals surface area (Å²) in [5.41, 5.74) is 5.10. The Morgan fingerprint density at radius 3 is 2.75 bits per heavy atom. The highest BCUT2D eigenvalue weighted by molar-refractivity contribution is 6.29. The Kier molecular flexibility index (Phi) is 4.44. The third-order valence-corrected chi connectivity index (χ3v) is 3.78. The molecule has 1 aromatic rings. The molecule has 2 rings (SSSR count). The fraction of sp³-hybridized carbons (Fsp3) is 0.235. The Bertz CT molecular complexity index is 631. The fourth-order valence-electron chi connectivity index (χ4n) is 2.42. The highest BCUT2D eigenvalue weighted by Gasteiger charge is 2.20. The van der Waals surface area contributed by atoms with Crippen molar-refractivity contribution >= 4 is 11.6 Å². The normalized spacial score (nSPS) is 15.2. The van der Waals surface area contributed by atoms with Gasteiger partial charge in [-0.15, -0.1) is 0 Å². The predicted molar refractivity (Wildman–Crippen MR) is 83.2 cm³/mol. The molecule has 0 saturated carbocycles. The molecule has 0 aromatic heterocycles. The number of rotatable bonds is 4. The minimum Gasteiger partial charge on any atom is -0.290 e. The number of allylic oxidation sites excluding steroid dienone is 2. The van der Waals surface area contributed by atoms with E-state index >= 15 is 0 Å². The van der Waals surface area contributed by atoms with Crippen molar-refractivity contribution in [2.75, 3.05) is 6.54 Å². The zero-order valence-electron chi connectivity index (χ0n) is 11.6. The first-order chi connectivity index (χ1) is 9.55. The smallest absolute Gasteiger partial charge is 0.0991 e. The topological polar surface area (TPSA) is 27.0 Å². The highest BCUT2D eigenvalue weighted by Crippen LogP contribution is 2.27. The zero-order valence-corrected chi connectivity index (χ0v) is 12.4. The van der Waals surface area contributed by atoms with E-state index in [0.717, 1.165) is 35.8 Å². The van der Waals surface area contributed by atoms with Gasteiger partial charge in [-0.25, -0.2) is 0 Å². The van der Waals surface area contributed by atoms with Crippen LogP contribution in [0.5, 0.6) is 0 Å². The number of benzene rings is 1. The lowest BCUT2D eigenvalue weighted by Gasteiger charge is -2.18. The molecule has 0 amide bonds. The van der Waals surface area contributed by atoms with Crippen molar-refractivity contribution < 1.29 is 0 Å². The van der Waals surface area contributed by atoms with Crippen LogP contribution in [0.25, 0.3) is 0 Å². The van der Waals surface area contributed by atoms with Crippen molar-refractivity contribution in [2.45, 2.75) is 20.0 Å². The van der Waals surface area contributed by atoms with Crippen molar-refractivity contribution in [3.8, 4) is 6.07 Å². The van der Waals surface area contributed by atoms with Crippen LogP contribution in [0, 0.1) is 11.3 Å². The highest BCUT2D eigenvalue weighted by atomic mass is 35.5. The summed E-state index contributed by atoms with van der Waals surface area (Å²) in [5, 5.41) is 9.70. The fourth-order valence-corrected chi connectivity index (χ4v) is 2.61. The van der Waals surface area contributed by atoms with Crippen molar-refractivity contribution in [1.82, 2.24) is 4.90 Å². The minimum absolute atomic E-state index is 0.713. The minimum atomic E-state index is 0.713. The summed E-state index contributed by atoms with van der Waals surface area (Å²) in [6.45, 7) is 12.1. The van der Waals surface area contributed by atoms with Gasteiger partial charge in [0.25, 0.3) is 0 Å². The summed E-state index contributed by atoms with van der Waals surface area (Å²) < 4.78 is 0. The molecule has 0 aliphatic carbocycles. The van der Waals surface area contributed by atoms with Crippen LogP contribution >= 0.6 is 11.6 Å². The van der Waals surface area contributed by atoms with Gasteiger partial charge in [-0.3, -0.25) is 4.90 Å². The molecule has 2 nitrogen and oxygen atoms in total. The first kappa shape index (κ1) is 14.6. The lowest BCUT2D eigenvalue weighted by Crippen LogP contribution is -2.20. The first-order valence-electron chi connectivity index (χ1n) is 6.46. The largest absolute Gasteiger partial charge is 0.290 e. The van der Waals surface area contributed by atoms with Crippen molar-refractivity contribution in [3.63, 3.8) is 0 Å². The Hall–Kier alpha value is -1.82. The van der Waals surface area contributed by atoms with E-state index in [1.165, 1.54) is 11.1 Å². The quantitative estimate of drug-likeness (QED) is 0.778. The van der Waals surface area contributed by atoms with Crippen LogP contribution in [-0.2, 0) is 13.1 Å². The number of nitriles is 1.